The highest BCUT2D eigenvalue weighted by Gasteiger charge is 2.25. The van der Waals surface area contributed by atoms with Gasteiger partial charge < -0.3 is 10.5 Å². The minimum atomic E-state index is 0.0223. The summed E-state index contributed by atoms with van der Waals surface area (Å²) in [5, 5.41) is 3.99. The molecule has 0 saturated carbocycles. The zero-order valence-corrected chi connectivity index (χ0v) is 13.6. The summed E-state index contributed by atoms with van der Waals surface area (Å²) >= 11 is 0. The molecule has 0 radical (unpaired) electrons. The lowest BCUT2D eigenvalue weighted by atomic mass is 10.2. The third-order valence-electron chi connectivity index (χ3n) is 3.99. The Morgan fingerprint density at radius 1 is 1.16 bits per heavy atom. The zero-order chi connectivity index (χ0) is 17.1. The van der Waals surface area contributed by atoms with Gasteiger partial charge in [-0.05, 0) is 12.0 Å². The van der Waals surface area contributed by atoms with Crippen molar-refractivity contribution >= 4 is 5.95 Å². The number of nitrogens with two attached hydrogens (primary N) is 1. The quantitative estimate of drug-likeness (QED) is 0.724. The van der Waals surface area contributed by atoms with Crippen LogP contribution in [0.2, 0.25) is 0 Å². The number of benzene rings is 1. The minimum absolute atomic E-state index is 0.0223. The van der Waals surface area contributed by atoms with Crippen molar-refractivity contribution in [2.45, 2.75) is 19.1 Å². The normalized spacial score (nSPS) is 17.7. The monoisotopic (exact) mass is 338 g/mol. The van der Waals surface area contributed by atoms with Gasteiger partial charge >= 0.3 is 6.01 Å². The number of hydrogen-bond acceptors (Lipinski definition) is 8. The summed E-state index contributed by atoms with van der Waals surface area (Å²) in [7, 11) is 0. The molecule has 1 aromatic carbocycles. The molecule has 3 heterocycles. The van der Waals surface area contributed by atoms with Gasteiger partial charge in [0.25, 0.3) is 5.95 Å². The first kappa shape index (κ1) is 15.5. The fourth-order valence-electron chi connectivity index (χ4n) is 2.86. The summed E-state index contributed by atoms with van der Waals surface area (Å²) in [5.41, 5.74) is 7.05. The van der Waals surface area contributed by atoms with Gasteiger partial charge in [0.1, 0.15) is 18.8 Å². The van der Waals surface area contributed by atoms with Gasteiger partial charge in [-0.25, -0.2) is 4.98 Å². The lowest BCUT2D eigenvalue weighted by Crippen LogP contribution is -2.25. The minimum Gasteiger partial charge on any atom is -0.459 e. The van der Waals surface area contributed by atoms with E-state index in [4.69, 9.17) is 10.5 Å². The summed E-state index contributed by atoms with van der Waals surface area (Å²) in [6, 6.07) is 10.6. The van der Waals surface area contributed by atoms with Gasteiger partial charge in [0, 0.05) is 19.6 Å². The van der Waals surface area contributed by atoms with E-state index in [1.165, 1.54) is 22.9 Å². The molecule has 1 aliphatic heterocycles. The molecule has 9 nitrogen and oxygen atoms in total. The van der Waals surface area contributed by atoms with E-state index in [0.29, 0.717) is 5.95 Å². The van der Waals surface area contributed by atoms with Crippen LogP contribution in [0.4, 0.5) is 5.95 Å². The Bertz CT molecular complexity index is 823. The van der Waals surface area contributed by atoms with Gasteiger partial charge in [-0.3, -0.25) is 4.90 Å². The maximum atomic E-state index is 5.92. The van der Waals surface area contributed by atoms with Crippen molar-refractivity contribution in [1.29, 1.82) is 0 Å². The molecular weight excluding hydrogens is 320 g/mol. The number of likely N-dealkylation sites (tertiary alicyclic amines) is 1. The molecule has 3 aromatic rings. The van der Waals surface area contributed by atoms with E-state index in [9.17, 15) is 0 Å². The molecular formula is C16H18N8O. The molecule has 2 N–H and O–H groups in total. The lowest BCUT2D eigenvalue weighted by molar-refractivity contribution is 0.183. The van der Waals surface area contributed by atoms with Crippen LogP contribution in [-0.2, 0) is 6.54 Å². The van der Waals surface area contributed by atoms with E-state index in [-0.39, 0.29) is 18.1 Å². The molecule has 4 rings (SSSR count). The highest BCUT2D eigenvalue weighted by atomic mass is 16.5. The van der Waals surface area contributed by atoms with Crippen LogP contribution in [0.1, 0.15) is 12.0 Å². The first-order valence-corrected chi connectivity index (χ1v) is 8.06. The van der Waals surface area contributed by atoms with Gasteiger partial charge in [0.05, 0.1) is 0 Å². The molecule has 128 valence electrons. The highest BCUT2D eigenvalue weighted by molar-refractivity contribution is 5.24. The van der Waals surface area contributed by atoms with Gasteiger partial charge in [-0.15, -0.1) is 0 Å². The molecule has 1 fully saturated rings. The maximum Gasteiger partial charge on any atom is 0.323 e. The summed E-state index contributed by atoms with van der Waals surface area (Å²) in [4.78, 5) is 18.6. The van der Waals surface area contributed by atoms with Crippen LogP contribution < -0.4 is 10.5 Å². The first-order chi connectivity index (χ1) is 12.3. The topological polar surface area (TPSA) is 108 Å². The van der Waals surface area contributed by atoms with E-state index >= 15 is 0 Å². The zero-order valence-electron chi connectivity index (χ0n) is 13.6. The average Bonchev–Trinajstić information content (AvgIpc) is 3.27. The summed E-state index contributed by atoms with van der Waals surface area (Å²) in [6.07, 6.45) is 3.83. The molecule has 9 heteroatoms. The Morgan fingerprint density at radius 2 is 2.04 bits per heavy atom. The Kier molecular flexibility index (Phi) is 4.21. The second-order valence-electron chi connectivity index (χ2n) is 5.87. The molecule has 0 amide bonds. The van der Waals surface area contributed by atoms with E-state index < -0.39 is 0 Å². The lowest BCUT2D eigenvalue weighted by Gasteiger charge is -2.16. The second kappa shape index (κ2) is 6.81. The van der Waals surface area contributed by atoms with E-state index in [1.54, 1.807) is 0 Å². The van der Waals surface area contributed by atoms with Crippen molar-refractivity contribution in [3.8, 4) is 12.0 Å². The summed E-state index contributed by atoms with van der Waals surface area (Å²) in [6.45, 7) is 2.69. The molecule has 1 unspecified atom stereocenters. The van der Waals surface area contributed by atoms with Crippen LogP contribution in [0.15, 0.2) is 43.0 Å². The van der Waals surface area contributed by atoms with E-state index in [0.717, 1.165) is 26.1 Å². The third kappa shape index (κ3) is 3.72. The fourth-order valence-corrected chi connectivity index (χ4v) is 2.86. The van der Waals surface area contributed by atoms with Gasteiger partial charge in [0.2, 0.25) is 5.95 Å². The maximum absolute atomic E-state index is 5.92. The molecule has 0 bridgehead atoms. The van der Waals surface area contributed by atoms with Crippen LogP contribution in [0, 0.1) is 0 Å². The standard InChI is InChI=1S/C16H18N8O/c17-14-20-15(24-11-18-10-19-24)22-16(21-14)25-13-6-7-23(9-13)8-12-4-2-1-3-5-12/h1-5,10-11,13H,6-9H2,(H2,17,20,21,22). The second-order valence-corrected chi connectivity index (χ2v) is 5.87. The van der Waals surface area contributed by atoms with Gasteiger partial charge in [0.15, 0.2) is 0 Å². The van der Waals surface area contributed by atoms with Crippen LogP contribution in [0.5, 0.6) is 6.01 Å². The largest absolute Gasteiger partial charge is 0.459 e. The van der Waals surface area contributed by atoms with E-state index in [2.05, 4.69) is 54.2 Å². The number of ether oxygens (including phenoxy) is 1. The van der Waals surface area contributed by atoms with Crippen molar-refractivity contribution in [1.82, 2.24) is 34.6 Å². The van der Waals surface area contributed by atoms with Crippen LogP contribution >= 0.6 is 0 Å². The predicted octanol–water partition coefficient (Wildman–Crippen LogP) is 0.688. The summed E-state index contributed by atoms with van der Waals surface area (Å²) in [5.74, 6) is 0.383. The average molecular weight is 338 g/mol. The molecule has 2 aromatic heterocycles. The van der Waals surface area contributed by atoms with Crippen LogP contribution in [-0.4, -0.2) is 53.8 Å². The number of rotatable bonds is 5. The fraction of sp³-hybridized carbons (Fsp3) is 0.312. The van der Waals surface area contributed by atoms with Crippen molar-refractivity contribution in [2.75, 3.05) is 18.8 Å². The van der Waals surface area contributed by atoms with Crippen molar-refractivity contribution in [3.63, 3.8) is 0 Å². The number of nitrogen functional groups attached to an aromatic ring is 1. The highest BCUT2D eigenvalue weighted by Crippen LogP contribution is 2.18. The van der Waals surface area contributed by atoms with Gasteiger partial charge in [-0.2, -0.15) is 24.7 Å². The first-order valence-electron chi connectivity index (χ1n) is 8.06. The Labute approximate surface area is 144 Å². The SMILES string of the molecule is Nc1nc(OC2CCN(Cc3ccccc3)C2)nc(-n2cncn2)n1. The molecule has 1 aliphatic rings. The van der Waals surface area contributed by atoms with Crippen LogP contribution in [0.25, 0.3) is 5.95 Å². The number of hydrogen-bond donors (Lipinski definition) is 1. The predicted molar refractivity (Wildman–Crippen MR) is 89.9 cm³/mol. The van der Waals surface area contributed by atoms with Crippen molar-refractivity contribution in [3.05, 3.63) is 48.5 Å². The number of aromatic nitrogens is 6. The molecule has 25 heavy (non-hydrogen) atoms. The molecule has 0 aliphatic carbocycles. The number of nitrogens with zero attached hydrogens (tertiary/aromatic N) is 7. The summed E-state index contributed by atoms with van der Waals surface area (Å²) < 4.78 is 7.34. The Morgan fingerprint density at radius 3 is 2.84 bits per heavy atom. The smallest absolute Gasteiger partial charge is 0.323 e. The van der Waals surface area contributed by atoms with Gasteiger partial charge in [-0.1, -0.05) is 30.3 Å². The Balaban J connectivity index is 1.41. The molecule has 1 atom stereocenters. The molecule has 0 spiro atoms. The Hall–Kier alpha value is -3.07. The third-order valence-corrected chi connectivity index (χ3v) is 3.99. The van der Waals surface area contributed by atoms with Crippen LogP contribution in [0.3, 0.4) is 0 Å². The van der Waals surface area contributed by atoms with E-state index in [1.807, 2.05) is 6.07 Å². The molecule has 1 saturated heterocycles. The number of anilines is 1. The van der Waals surface area contributed by atoms with Crippen molar-refractivity contribution in [2.24, 2.45) is 0 Å². The van der Waals surface area contributed by atoms with Crippen molar-refractivity contribution < 1.29 is 4.74 Å².